The maximum absolute atomic E-state index is 3.45. The lowest BCUT2D eigenvalue weighted by molar-refractivity contribution is 0.402. The first kappa shape index (κ1) is 12.7. The predicted octanol–water partition coefficient (Wildman–Crippen LogP) is 2.62. The maximum atomic E-state index is 3.45. The molecular weight excluding hydrogens is 204 g/mol. The summed E-state index contributed by atoms with van der Waals surface area (Å²) in [5.41, 5.74) is 1.46. The summed E-state index contributed by atoms with van der Waals surface area (Å²) >= 11 is 1.91. The van der Waals surface area contributed by atoms with E-state index in [0.717, 1.165) is 13.1 Å². The van der Waals surface area contributed by atoms with Crippen molar-refractivity contribution in [3.63, 3.8) is 0 Å². The molecule has 1 rings (SSSR count). The molecule has 1 aromatic heterocycles. The highest BCUT2D eigenvalue weighted by atomic mass is 32.1. The minimum atomic E-state index is 0.560. The molecule has 86 valence electrons. The molecule has 0 bridgehead atoms. The van der Waals surface area contributed by atoms with Crippen molar-refractivity contribution in [3.05, 3.63) is 21.4 Å². The normalized spacial score (nSPS) is 11.7. The van der Waals surface area contributed by atoms with Crippen LogP contribution in [0.15, 0.2) is 6.07 Å². The number of nitrogens with one attached hydrogen (secondary N) is 1. The van der Waals surface area contributed by atoms with Crippen LogP contribution in [0, 0.1) is 6.92 Å². The second-order valence-electron chi connectivity index (χ2n) is 4.57. The zero-order chi connectivity index (χ0) is 11.4. The fourth-order valence-corrected chi connectivity index (χ4v) is 2.48. The van der Waals surface area contributed by atoms with Crippen LogP contribution in [-0.2, 0) is 13.1 Å². The number of rotatable bonds is 5. The van der Waals surface area contributed by atoms with Gasteiger partial charge in [-0.15, -0.1) is 11.3 Å². The monoisotopic (exact) mass is 226 g/mol. The van der Waals surface area contributed by atoms with Crippen molar-refractivity contribution in [3.8, 4) is 0 Å². The molecule has 1 aromatic rings. The molecule has 0 radical (unpaired) electrons. The molecule has 0 fully saturated rings. The largest absolute Gasteiger partial charge is 0.310 e. The van der Waals surface area contributed by atoms with Gasteiger partial charge in [-0.1, -0.05) is 13.8 Å². The first-order valence-electron chi connectivity index (χ1n) is 5.45. The zero-order valence-corrected chi connectivity index (χ0v) is 11.2. The van der Waals surface area contributed by atoms with Crippen LogP contribution in [0.4, 0.5) is 0 Å². The lowest BCUT2D eigenvalue weighted by Crippen LogP contribution is -2.21. The van der Waals surface area contributed by atoms with Gasteiger partial charge in [0.05, 0.1) is 0 Å². The lowest BCUT2D eigenvalue weighted by Gasteiger charge is -2.08. The summed E-state index contributed by atoms with van der Waals surface area (Å²) in [5, 5.41) is 3.45. The molecule has 0 aliphatic heterocycles. The summed E-state index contributed by atoms with van der Waals surface area (Å²) in [7, 11) is 4.23. The highest BCUT2D eigenvalue weighted by molar-refractivity contribution is 7.12. The SMILES string of the molecule is Cc1sc(CNC(C)C)cc1CN(C)C. The summed E-state index contributed by atoms with van der Waals surface area (Å²) in [6.45, 7) is 8.62. The molecule has 0 aromatic carbocycles. The number of hydrogen-bond acceptors (Lipinski definition) is 3. The van der Waals surface area contributed by atoms with E-state index in [-0.39, 0.29) is 0 Å². The molecule has 15 heavy (non-hydrogen) atoms. The number of nitrogens with zero attached hydrogens (tertiary/aromatic N) is 1. The molecule has 0 aliphatic rings. The van der Waals surface area contributed by atoms with Crippen LogP contribution in [0.5, 0.6) is 0 Å². The number of aryl methyl sites for hydroxylation is 1. The van der Waals surface area contributed by atoms with Crippen molar-refractivity contribution < 1.29 is 0 Å². The zero-order valence-electron chi connectivity index (χ0n) is 10.4. The highest BCUT2D eigenvalue weighted by Crippen LogP contribution is 2.22. The van der Waals surface area contributed by atoms with Gasteiger partial charge in [0.25, 0.3) is 0 Å². The van der Waals surface area contributed by atoms with Crippen LogP contribution in [0.1, 0.15) is 29.2 Å². The Hall–Kier alpha value is -0.380. The van der Waals surface area contributed by atoms with Crippen LogP contribution in [0.3, 0.4) is 0 Å². The second kappa shape index (κ2) is 5.64. The average Bonchev–Trinajstić information content (AvgIpc) is 2.43. The molecule has 0 saturated carbocycles. The van der Waals surface area contributed by atoms with Gasteiger partial charge in [-0.2, -0.15) is 0 Å². The Morgan fingerprint density at radius 3 is 2.60 bits per heavy atom. The molecule has 0 atom stereocenters. The van der Waals surface area contributed by atoms with E-state index in [1.807, 2.05) is 11.3 Å². The summed E-state index contributed by atoms with van der Waals surface area (Å²) in [6.07, 6.45) is 0. The van der Waals surface area contributed by atoms with Crippen LogP contribution >= 0.6 is 11.3 Å². The fraction of sp³-hybridized carbons (Fsp3) is 0.667. The summed E-state index contributed by atoms with van der Waals surface area (Å²) in [4.78, 5) is 5.11. The van der Waals surface area contributed by atoms with E-state index in [4.69, 9.17) is 0 Å². The van der Waals surface area contributed by atoms with E-state index in [2.05, 4.69) is 51.1 Å². The molecule has 1 heterocycles. The van der Waals surface area contributed by atoms with Gasteiger partial charge in [-0.25, -0.2) is 0 Å². The smallest absolute Gasteiger partial charge is 0.0302 e. The second-order valence-corrected chi connectivity index (χ2v) is 5.91. The van der Waals surface area contributed by atoms with E-state index in [1.165, 1.54) is 15.3 Å². The van der Waals surface area contributed by atoms with Gasteiger partial charge in [0.1, 0.15) is 0 Å². The minimum absolute atomic E-state index is 0.560. The molecule has 0 saturated heterocycles. The molecule has 1 N–H and O–H groups in total. The summed E-state index contributed by atoms with van der Waals surface area (Å²) < 4.78 is 0. The lowest BCUT2D eigenvalue weighted by atomic mass is 10.2. The Morgan fingerprint density at radius 1 is 1.40 bits per heavy atom. The van der Waals surface area contributed by atoms with Crippen molar-refractivity contribution in [2.75, 3.05) is 14.1 Å². The van der Waals surface area contributed by atoms with E-state index < -0.39 is 0 Å². The van der Waals surface area contributed by atoms with Crippen molar-refractivity contribution in [1.29, 1.82) is 0 Å². The minimum Gasteiger partial charge on any atom is -0.310 e. The van der Waals surface area contributed by atoms with Gasteiger partial charge in [0.2, 0.25) is 0 Å². The Bertz CT molecular complexity index is 303. The predicted molar refractivity (Wildman–Crippen MR) is 68.4 cm³/mol. The van der Waals surface area contributed by atoms with Crippen molar-refractivity contribution >= 4 is 11.3 Å². The topological polar surface area (TPSA) is 15.3 Å². The third kappa shape index (κ3) is 4.33. The third-order valence-corrected chi connectivity index (χ3v) is 3.34. The van der Waals surface area contributed by atoms with Crippen molar-refractivity contribution in [1.82, 2.24) is 10.2 Å². The quantitative estimate of drug-likeness (QED) is 0.830. The van der Waals surface area contributed by atoms with E-state index in [0.29, 0.717) is 6.04 Å². The number of thiophene rings is 1. The molecule has 3 heteroatoms. The standard InChI is InChI=1S/C12H22N2S/c1-9(2)13-7-12-6-11(8-14(4)5)10(3)15-12/h6,9,13H,7-8H2,1-5H3. The Labute approximate surface area is 97.3 Å². The van der Waals surface area contributed by atoms with Gasteiger partial charge in [0, 0.05) is 28.9 Å². The number of hydrogen-bond donors (Lipinski definition) is 1. The van der Waals surface area contributed by atoms with Crippen LogP contribution in [-0.4, -0.2) is 25.0 Å². The first-order valence-corrected chi connectivity index (χ1v) is 6.27. The molecule has 2 nitrogen and oxygen atoms in total. The third-order valence-electron chi connectivity index (χ3n) is 2.24. The first-order chi connectivity index (χ1) is 6.99. The molecular formula is C12H22N2S. The van der Waals surface area contributed by atoms with Crippen molar-refractivity contribution in [2.45, 2.75) is 39.9 Å². The molecule has 0 aliphatic carbocycles. The Kier molecular flexibility index (Phi) is 4.77. The molecule has 0 amide bonds. The Morgan fingerprint density at radius 2 is 2.07 bits per heavy atom. The Balaban J connectivity index is 2.60. The van der Waals surface area contributed by atoms with Gasteiger partial charge >= 0.3 is 0 Å². The van der Waals surface area contributed by atoms with Gasteiger partial charge in [-0.05, 0) is 32.6 Å². The van der Waals surface area contributed by atoms with Crippen LogP contribution in [0.25, 0.3) is 0 Å². The van der Waals surface area contributed by atoms with Crippen molar-refractivity contribution in [2.24, 2.45) is 0 Å². The molecule has 0 spiro atoms. The van der Waals surface area contributed by atoms with Gasteiger partial charge < -0.3 is 10.2 Å². The fourth-order valence-electron chi connectivity index (χ4n) is 1.48. The van der Waals surface area contributed by atoms with Gasteiger partial charge in [-0.3, -0.25) is 0 Å². The van der Waals surface area contributed by atoms with E-state index in [9.17, 15) is 0 Å². The van der Waals surface area contributed by atoms with Gasteiger partial charge in [0.15, 0.2) is 0 Å². The van der Waals surface area contributed by atoms with Crippen LogP contribution in [0.2, 0.25) is 0 Å². The van der Waals surface area contributed by atoms with Crippen LogP contribution < -0.4 is 5.32 Å². The summed E-state index contributed by atoms with van der Waals surface area (Å²) in [5.74, 6) is 0. The highest BCUT2D eigenvalue weighted by Gasteiger charge is 2.06. The van der Waals surface area contributed by atoms with E-state index >= 15 is 0 Å². The summed E-state index contributed by atoms with van der Waals surface area (Å²) in [6, 6.07) is 2.89. The maximum Gasteiger partial charge on any atom is 0.0302 e. The molecule has 0 unspecified atom stereocenters. The van der Waals surface area contributed by atoms with E-state index in [1.54, 1.807) is 0 Å². The average molecular weight is 226 g/mol.